The molecular formula is C10H9F5O. The highest BCUT2D eigenvalue weighted by Gasteiger charge is 2.59. The van der Waals surface area contributed by atoms with Gasteiger partial charge in [0.1, 0.15) is 0 Å². The summed E-state index contributed by atoms with van der Waals surface area (Å²) in [5.41, 5.74) is 0.639. The summed E-state index contributed by atoms with van der Waals surface area (Å²) in [5.74, 6) is 0. The molecule has 0 fully saturated rings. The second kappa shape index (κ2) is 4.78. The molecule has 6 heteroatoms. The van der Waals surface area contributed by atoms with E-state index in [-0.39, 0.29) is 6.42 Å². The molecule has 90 valence electrons. The fraction of sp³-hybridized carbons (Fsp3) is 0.400. The molecule has 0 aliphatic rings. The first kappa shape index (κ1) is 12.9. The highest BCUT2D eigenvalue weighted by atomic mass is 19.4. The maximum atomic E-state index is 12.3. The van der Waals surface area contributed by atoms with Gasteiger partial charge in [-0.1, -0.05) is 30.3 Å². The number of halogens is 5. The van der Waals surface area contributed by atoms with Crippen LogP contribution in [0.4, 0.5) is 22.0 Å². The average molecular weight is 240 g/mol. The summed E-state index contributed by atoms with van der Waals surface area (Å²) in [4.78, 5) is 0. The average Bonchev–Trinajstić information content (AvgIpc) is 2.17. The molecule has 0 unspecified atom stereocenters. The van der Waals surface area contributed by atoms with Crippen molar-refractivity contribution in [1.82, 2.24) is 0 Å². The normalized spacial score (nSPS) is 12.8. The second-order valence-electron chi connectivity index (χ2n) is 3.10. The third-order valence-electron chi connectivity index (χ3n) is 1.85. The van der Waals surface area contributed by atoms with Gasteiger partial charge in [0.2, 0.25) is 0 Å². The van der Waals surface area contributed by atoms with Gasteiger partial charge in [0.25, 0.3) is 0 Å². The number of hydrogen-bond donors (Lipinski definition) is 0. The van der Waals surface area contributed by atoms with Gasteiger partial charge in [-0.3, -0.25) is 0 Å². The molecule has 1 aromatic rings. The first-order chi connectivity index (χ1) is 7.33. The minimum Gasteiger partial charge on any atom is -0.313 e. The van der Waals surface area contributed by atoms with Gasteiger partial charge in [-0.15, -0.1) is 0 Å². The van der Waals surface area contributed by atoms with Gasteiger partial charge in [0, 0.05) is 0 Å². The van der Waals surface area contributed by atoms with Crippen LogP contribution in [-0.2, 0) is 11.2 Å². The van der Waals surface area contributed by atoms with E-state index in [1.807, 2.05) is 0 Å². The molecule has 0 radical (unpaired) electrons. The van der Waals surface area contributed by atoms with Crippen LogP contribution >= 0.6 is 0 Å². The molecule has 1 nitrogen and oxygen atoms in total. The van der Waals surface area contributed by atoms with Crippen molar-refractivity contribution in [3.63, 3.8) is 0 Å². The van der Waals surface area contributed by atoms with E-state index in [0.717, 1.165) is 0 Å². The van der Waals surface area contributed by atoms with Gasteiger partial charge in [0.15, 0.2) is 0 Å². The van der Waals surface area contributed by atoms with E-state index in [1.54, 1.807) is 30.3 Å². The lowest BCUT2D eigenvalue weighted by Crippen LogP contribution is -2.39. The summed E-state index contributed by atoms with van der Waals surface area (Å²) < 4.78 is 63.2. The van der Waals surface area contributed by atoms with Crippen LogP contribution in [0.25, 0.3) is 0 Å². The Hall–Kier alpha value is -1.17. The standard InChI is InChI=1S/C10H9F5O/c11-9(12,13)10(14,15)16-7-6-8-4-2-1-3-5-8/h1-5H,6-7H2. The first-order valence-corrected chi connectivity index (χ1v) is 4.45. The largest absolute Gasteiger partial charge is 0.482 e. The third kappa shape index (κ3) is 3.44. The molecule has 0 saturated carbocycles. The Morgan fingerprint density at radius 1 is 0.938 bits per heavy atom. The van der Waals surface area contributed by atoms with Crippen molar-refractivity contribution < 1.29 is 26.7 Å². The number of rotatable bonds is 4. The summed E-state index contributed by atoms with van der Waals surface area (Å²) >= 11 is 0. The van der Waals surface area contributed by atoms with Crippen molar-refractivity contribution in [2.45, 2.75) is 18.7 Å². The van der Waals surface area contributed by atoms with Crippen LogP contribution in [0.3, 0.4) is 0 Å². The maximum absolute atomic E-state index is 12.3. The van der Waals surface area contributed by atoms with Gasteiger partial charge in [-0.2, -0.15) is 22.0 Å². The molecule has 1 aromatic carbocycles. The van der Waals surface area contributed by atoms with Gasteiger partial charge in [-0.05, 0) is 12.0 Å². The Labute approximate surface area is 88.8 Å². The molecule has 1 rings (SSSR count). The van der Waals surface area contributed by atoms with Crippen LogP contribution in [0.1, 0.15) is 5.56 Å². The van der Waals surface area contributed by atoms with Crippen LogP contribution in [0, 0.1) is 0 Å². The van der Waals surface area contributed by atoms with Crippen LogP contribution < -0.4 is 0 Å². The predicted octanol–water partition coefficient (Wildman–Crippen LogP) is 3.40. The van der Waals surface area contributed by atoms with Crippen molar-refractivity contribution in [3.05, 3.63) is 35.9 Å². The monoisotopic (exact) mass is 240 g/mol. The van der Waals surface area contributed by atoms with Crippen molar-refractivity contribution >= 4 is 0 Å². The van der Waals surface area contributed by atoms with E-state index in [4.69, 9.17) is 0 Å². The predicted molar refractivity (Wildman–Crippen MR) is 47.1 cm³/mol. The first-order valence-electron chi connectivity index (χ1n) is 4.45. The number of benzene rings is 1. The lowest BCUT2D eigenvalue weighted by molar-refractivity contribution is -0.390. The minimum absolute atomic E-state index is 0.00646. The van der Waals surface area contributed by atoms with E-state index in [2.05, 4.69) is 4.74 Å². The molecule has 0 spiro atoms. The zero-order chi connectivity index (χ0) is 12.2. The number of hydrogen-bond acceptors (Lipinski definition) is 1. The molecule has 0 N–H and O–H groups in total. The fourth-order valence-corrected chi connectivity index (χ4v) is 1.02. The van der Waals surface area contributed by atoms with Crippen molar-refractivity contribution in [2.75, 3.05) is 6.61 Å². The Morgan fingerprint density at radius 2 is 1.50 bits per heavy atom. The molecule has 0 heterocycles. The number of ether oxygens (including phenoxy) is 1. The van der Waals surface area contributed by atoms with Gasteiger partial charge in [-0.25, -0.2) is 0 Å². The van der Waals surface area contributed by atoms with Crippen molar-refractivity contribution in [1.29, 1.82) is 0 Å². The Balaban J connectivity index is 2.42. The van der Waals surface area contributed by atoms with Crippen LogP contribution in [0.5, 0.6) is 0 Å². The molecule has 0 atom stereocenters. The highest BCUT2D eigenvalue weighted by molar-refractivity contribution is 5.14. The van der Waals surface area contributed by atoms with Crippen LogP contribution in [0.2, 0.25) is 0 Å². The van der Waals surface area contributed by atoms with Crippen molar-refractivity contribution in [2.24, 2.45) is 0 Å². The Bertz CT molecular complexity index is 320. The summed E-state index contributed by atoms with van der Waals surface area (Å²) in [6.07, 6.45) is -10.7. The van der Waals surface area contributed by atoms with Crippen LogP contribution in [0.15, 0.2) is 30.3 Å². The molecule has 0 aliphatic carbocycles. The lowest BCUT2D eigenvalue weighted by atomic mass is 10.2. The fourth-order valence-electron chi connectivity index (χ4n) is 1.02. The maximum Gasteiger partial charge on any atom is 0.482 e. The summed E-state index contributed by atoms with van der Waals surface area (Å²) in [5, 5.41) is 0. The van der Waals surface area contributed by atoms with Gasteiger partial charge < -0.3 is 4.74 Å². The Morgan fingerprint density at radius 3 is 2.00 bits per heavy atom. The zero-order valence-corrected chi connectivity index (χ0v) is 8.10. The molecular weight excluding hydrogens is 231 g/mol. The molecule has 0 saturated heterocycles. The summed E-state index contributed by atoms with van der Waals surface area (Å²) in [6.45, 7) is -0.684. The smallest absolute Gasteiger partial charge is 0.313 e. The SMILES string of the molecule is FC(F)(F)C(F)(F)OCCc1ccccc1. The van der Waals surface area contributed by atoms with Gasteiger partial charge >= 0.3 is 12.3 Å². The number of alkyl halides is 5. The van der Waals surface area contributed by atoms with E-state index in [9.17, 15) is 22.0 Å². The van der Waals surface area contributed by atoms with E-state index < -0.39 is 18.9 Å². The third-order valence-corrected chi connectivity index (χ3v) is 1.85. The summed E-state index contributed by atoms with van der Waals surface area (Å²) in [6, 6.07) is 8.29. The molecule has 16 heavy (non-hydrogen) atoms. The lowest BCUT2D eigenvalue weighted by Gasteiger charge is -2.19. The molecule has 0 amide bonds. The molecule has 0 aromatic heterocycles. The summed E-state index contributed by atoms with van der Waals surface area (Å²) in [7, 11) is 0. The van der Waals surface area contributed by atoms with E-state index in [1.165, 1.54) is 0 Å². The minimum atomic E-state index is -5.66. The highest BCUT2D eigenvalue weighted by Crippen LogP contribution is 2.36. The Kier molecular flexibility index (Phi) is 3.85. The van der Waals surface area contributed by atoms with E-state index >= 15 is 0 Å². The van der Waals surface area contributed by atoms with Gasteiger partial charge in [0.05, 0.1) is 6.61 Å². The molecule has 0 bridgehead atoms. The van der Waals surface area contributed by atoms with E-state index in [0.29, 0.717) is 5.56 Å². The second-order valence-corrected chi connectivity index (χ2v) is 3.10. The quantitative estimate of drug-likeness (QED) is 0.733. The topological polar surface area (TPSA) is 9.23 Å². The van der Waals surface area contributed by atoms with Crippen molar-refractivity contribution in [3.8, 4) is 0 Å². The van der Waals surface area contributed by atoms with Crippen LogP contribution in [-0.4, -0.2) is 18.9 Å². The molecule has 0 aliphatic heterocycles. The zero-order valence-electron chi connectivity index (χ0n) is 8.10.